The summed E-state index contributed by atoms with van der Waals surface area (Å²) in [4.78, 5) is 0. The van der Waals surface area contributed by atoms with Gasteiger partial charge in [-0.3, -0.25) is 0 Å². The first-order valence-corrected chi connectivity index (χ1v) is 21.3. The Morgan fingerprint density at radius 1 is 0.492 bits per heavy atom. The van der Waals surface area contributed by atoms with Crippen molar-refractivity contribution in [3.8, 4) is 22.3 Å². The summed E-state index contributed by atoms with van der Waals surface area (Å²) in [6.45, 7) is 20.5. The molecule has 0 amide bonds. The van der Waals surface area contributed by atoms with E-state index in [2.05, 4.69) is 20.7 Å². The van der Waals surface area contributed by atoms with Crippen LogP contribution in [0.1, 0.15) is 65.3 Å². The second-order valence-electron chi connectivity index (χ2n) is 12.4. The van der Waals surface area contributed by atoms with Crippen LogP contribution in [-0.2, 0) is 54.5 Å². The quantitative estimate of drug-likeness (QED) is 0.0942. The number of hydrogen-bond donors (Lipinski definition) is 0. The van der Waals surface area contributed by atoms with E-state index in [1.54, 1.807) is 44.2 Å². The van der Waals surface area contributed by atoms with E-state index in [9.17, 15) is 52.7 Å². The molecule has 16 heteroatoms. The molecule has 6 rings (SSSR count). The van der Waals surface area contributed by atoms with Gasteiger partial charge in [0.05, 0.1) is 22.3 Å². The van der Waals surface area contributed by atoms with Crippen LogP contribution in [0.25, 0.3) is 43.8 Å². The number of aryl methyl sites for hydroxylation is 4. The molecule has 0 aromatic heterocycles. The number of halogens is 14. The molecule has 0 nitrogen and oxygen atoms in total. The fraction of sp³-hybridized carbons (Fsp3) is 0.256. The van der Waals surface area contributed by atoms with Crippen molar-refractivity contribution in [1.29, 1.82) is 0 Å². The van der Waals surface area contributed by atoms with Gasteiger partial charge in [0.15, 0.2) is 0 Å². The Balaban J connectivity index is 0.000000983. The molecule has 0 N–H and O–H groups in total. The van der Waals surface area contributed by atoms with Gasteiger partial charge in [0, 0.05) is 0 Å². The first-order chi connectivity index (χ1) is 26.5. The average molecular weight is 975 g/mol. The summed E-state index contributed by atoms with van der Waals surface area (Å²) >= 11 is 1.36. The van der Waals surface area contributed by atoms with Gasteiger partial charge in [-0.25, -0.2) is 0 Å². The molecule has 0 aliphatic carbocycles. The van der Waals surface area contributed by atoms with Gasteiger partial charge in [-0.15, -0.1) is 92.9 Å². The molecule has 0 saturated carbocycles. The summed E-state index contributed by atoms with van der Waals surface area (Å²) in [5.74, 6) is 0. The predicted octanol–water partition coefficient (Wildman–Crippen LogP) is 16.2. The first kappa shape index (κ1) is 55.9. The Hall–Kier alpha value is -3.06. The van der Waals surface area contributed by atoms with E-state index < -0.39 is 47.0 Å². The summed E-state index contributed by atoms with van der Waals surface area (Å²) in [6.07, 6.45) is -18.7. The van der Waals surface area contributed by atoms with E-state index in [1.165, 1.54) is 23.3 Å². The van der Waals surface area contributed by atoms with Crippen LogP contribution in [-0.4, -0.2) is 6.88 Å². The van der Waals surface area contributed by atoms with Gasteiger partial charge < -0.3 is 13.8 Å². The molecule has 322 valence electrons. The van der Waals surface area contributed by atoms with Crippen molar-refractivity contribution in [2.45, 2.75) is 72.7 Å². The van der Waals surface area contributed by atoms with Crippen molar-refractivity contribution >= 4 is 53.2 Å². The molecule has 0 aliphatic rings. The Morgan fingerprint density at radius 3 is 1.10 bits per heavy atom. The Kier molecular flexibility index (Phi) is 21.5. The van der Waals surface area contributed by atoms with E-state index in [0.717, 1.165) is 63.7 Å². The van der Waals surface area contributed by atoms with Crippen molar-refractivity contribution in [2.75, 3.05) is 0 Å². The molecule has 0 atom stereocenters. The Labute approximate surface area is 365 Å². The van der Waals surface area contributed by atoms with Crippen molar-refractivity contribution in [1.82, 2.24) is 0 Å². The molecule has 0 bridgehead atoms. The SMILES string of the molecule is CCc1cc2c(-c3cc(C(F)(F)F)cc(C(F)(F)F)c3)ccc(C)c2[cH-]1.Cc1cc2c(-c3cc(C(F)(F)F)cc(C(F)(F)F)c3)ccc(C)c2[cH-]1.Cl.Cl.[CH2-]C.[CH2-]C.[Si]=[Zr]. The number of fused-ring (bicyclic) bond motifs is 2. The topological polar surface area (TPSA) is 0 Å². The summed E-state index contributed by atoms with van der Waals surface area (Å²) in [5.41, 5.74) is -0.996. The maximum absolute atomic E-state index is 13.1. The zero-order valence-electron chi connectivity index (χ0n) is 32.6. The summed E-state index contributed by atoms with van der Waals surface area (Å²) in [6, 6.07) is 17.3. The third-order valence-electron chi connectivity index (χ3n) is 8.62. The zero-order valence-corrected chi connectivity index (χ0v) is 37.6. The monoisotopic (exact) mass is 972 g/mol. The number of benzene rings is 4. The van der Waals surface area contributed by atoms with E-state index in [-0.39, 0.29) is 48.1 Å². The van der Waals surface area contributed by atoms with Crippen molar-refractivity contribution in [3.63, 3.8) is 0 Å². The molecule has 0 unspecified atom stereocenters. The van der Waals surface area contributed by atoms with Crippen LogP contribution in [0.5, 0.6) is 0 Å². The van der Waals surface area contributed by atoms with E-state index in [1.807, 2.05) is 45.9 Å². The fourth-order valence-electron chi connectivity index (χ4n) is 6.02. The Morgan fingerprint density at radius 2 is 0.797 bits per heavy atom. The molecule has 2 radical (unpaired) electrons. The Bertz CT molecular complexity index is 2200. The van der Waals surface area contributed by atoms with Gasteiger partial charge in [-0.1, -0.05) is 51.0 Å². The summed E-state index contributed by atoms with van der Waals surface area (Å²) in [5, 5.41) is 2.96. The van der Waals surface area contributed by atoms with Gasteiger partial charge in [-0.2, -0.15) is 78.7 Å². The standard InChI is InChI=1S/C20H15F6.C19H13F6.2C2H5.2ClH.Si.Zr/c1-3-12-6-17-11(2)4-5-16(18(17)7-12)13-8-14(19(21,22)23)10-15(9-13)20(24,25)26;1-10-5-16-11(2)3-4-15(17(16)6-10)12-7-13(18(20,21)22)9-14(8-12)19(23,24)25;2*1-2;;;;/h4-10H,3H2,1-2H3;3-9H,1-2H3;2*1H2,2H3;2*1H;;/q4*-1;;;;. The molecule has 0 fully saturated rings. The summed E-state index contributed by atoms with van der Waals surface area (Å²) in [7, 11) is 0. The zero-order chi connectivity index (χ0) is 43.8. The third kappa shape index (κ3) is 14.0. The minimum atomic E-state index is -4.86. The number of rotatable bonds is 3. The minimum absolute atomic E-state index is 0. The van der Waals surface area contributed by atoms with Gasteiger partial charge in [-0.05, 0) is 53.9 Å². The van der Waals surface area contributed by atoms with Gasteiger partial charge in [0.25, 0.3) is 0 Å². The van der Waals surface area contributed by atoms with E-state index in [0.29, 0.717) is 21.9 Å². The van der Waals surface area contributed by atoms with E-state index >= 15 is 0 Å². The molecular weight excluding hydrogens is 935 g/mol. The molecule has 59 heavy (non-hydrogen) atoms. The normalized spacial score (nSPS) is 11.3. The van der Waals surface area contributed by atoms with Crippen LogP contribution in [0.3, 0.4) is 0 Å². The third-order valence-corrected chi connectivity index (χ3v) is 8.62. The summed E-state index contributed by atoms with van der Waals surface area (Å²) < 4.78 is 157. The van der Waals surface area contributed by atoms with Gasteiger partial charge in [0.2, 0.25) is 0 Å². The molecule has 6 aromatic carbocycles. The van der Waals surface area contributed by atoms with Crippen LogP contribution in [0.2, 0.25) is 0 Å². The number of alkyl halides is 12. The fourth-order valence-corrected chi connectivity index (χ4v) is 6.02. The van der Waals surface area contributed by atoms with Gasteiger partial charge >= 0.3 is 54.9 Å². The maximum atomic E-state index is 13.1. The van der Waals surface area contributed by atoms with Crippen LogP contribution in [0.15, 0.2) is 84.9 Å². The number of hydrogen-bond acceptors (Lipinski definition) is 0. The molecule has 0 saturated heterocycles. The van der Waals surface area contributed by atoms with Crippen molar-refractivity contribution in [3.05, 3.63) is 143 Å². The van der Waals surface area contributed by atoms with Crippen LogP contribution in [0.4, 0.5) is 52.7 Å². The second-order valence-corrected chi connectivity index (χ2v) is 12.4. The predicted molar refractivity (Wildman–Crippen MR) is 216 cm³/mol. The van der Waals surface area contributed by atoms with Crippen molar-refractivity contribution in [2.24, 2.45) is 0 Å². The second kappa shape index (κ2) is 22.7. The van der Waals surface area contributed by atoms with E-state index in [4.69, 9.17) is 0 Å². The average Bonchev–Trinajstić information content (AvgIpc) is 3.78. The first-order valence-electron chi connectivity index (χ1n) is 17.1. The van der Waals surface area contributed by atoms with Crippen molar-refractivity contribution < 1.29 is 76.0 Å². The molecule has 0 aliphatic heterocycles. The molecular formula is C43H40Cl2F12SiZr-4. The van der Waals surface area contributed by atoms with Crippen LogP contribution >= 0.6 is 24.8 Å². The molecule has 6 aromatic rings. The van der Waals surface area contributed by atoms with Crippen LogP contribution in [0, 0.1) is 34.6 Å². The van der Waals surface area contributed by atoms with Crippen LogP contribution < -0.4 is 0 Å². The molecule has 0 heterocycles. The molecule has 0 spiro atoms. The van der Waals surface area contributed by atoms with Gasteiger partial charge in [0.1, 0.15) is 0 Å².